The van der Waals surface area contributed by atoms with E-state index in [1.54, 1.807) is 54.9 Å². The number of carbonyl (C=O) groups excluding carboxylic acids is 1. The van der Waals surface area contributed by atoms with Gasteiger partial charge in [-0.2, -0.15) is 4.98 Å². The average molecular weight is 395 g/mol. The van der Waals surface area contributed by atoms with E-state index in [1.807, 2.05) is 0 Å². The molecule has 29 heavy (non-hydrogen) atoms. The Hall–Kier alpha value is -3.49. The molecule has 1 amide bonds. The highest BCUT2D eigenvalue weighted by Gasteiger charge is 2.28. The molecule has 1 aliphatic heterocycles. The number of aromatic nitrogens is 4. The van der Waals surface area contributed by atoms with Crippen LogP contribution in [0.3, 0.4) is 0 Å². The number of rotatable bonds is 6. The van der Waals surface area contributed by atoms with Gasteiger partial charge in [0, 0.05) is 31.4 Å². The minimum atomic E-state index is -0.0665. The molecule has 0 aliphatic carbocycles. The van der Waals surface area contributed by atoms with Crippen molar-refractivity contribution in [2.75, 3.05) is 26.8 Å². The summed E-state index contributed by atoms with van der Waals surface area (Å²) in [4.78, 5) is 27.0. The number of benzene rings is 1. The Bertz CT molecular complexity index is 945. The molecular weight excluding hydrogens is 374 g/mol. The first-order chi connectivity index (χ1) is 14.2. The van der Waals surface area contributed by atoms with E-state index < -0.39 is 0 Å². The summed E-state index contributed by atoms with van der Waals surface area (Å²) in [6.07, 6.45) is 6.49. The van der Waals surface area contributed by atoms with Gasteiger partial charge in [-0.1, -0.05) is 5.16 Å². The molecule has 0 N–H and O–H groups in total. The molecule has 3 heterocycles. The van der Waals surface area contributed by atoms with Gasteiger partial charge in [-0.3, -0.25) is 9.78 Å². The van der Waals surface area contributed by atoms with Crippen LogP contribution >= 0.6 is 0 Å². The lowest BCUT2D eigenvalue weighted by atomic mass is 9.97. The Kier molecular flexibility index (Phi) is 5.64. The summed E-state index contributed by atoms with van der Waals surface area (Å²) in [5.41, 5.74) is 0.530. The van der Waals surface area contributed by atoms with Crippen molar-refractivity contribution < 1.29 is 18.8 Å². The molecule has 0 spiro atoms. The van der Waals surface area contributed by atoms with Gasteiger partial charge in [-0.25, -0.2) is 4.98 Å². The van der Waals surface area contributed by atoms with Crippen LogP contribution in [0.25, 0.3) is 11.6 Å². The van der Waals surface area contributed by atoms with Crippen molar-refractivity contribution in [2.24, 2.45) is 0 Å². The molecule has 1 unspecified atom stereocenters. The summed E-state index contributed by atoms with van der Waals surface area (Å²) in [5.74, 6) is 2.23. The summed E-state index contributed by atoms with van der Waals surface area (Å²) in [7, 11) is 1.60. The van der Waals surface area contributed by atoms with E-state index in [2.05, 4.69) is 20.1 Å². The Morgan fingerprint density at radius 1 is 1.24 bits per heavy atom. The summed E-state index contributed by atoms with van der Waals surface area (Å²) in [6, 6.07) is 7.14. The molecular formula is C20H21N5O4. The van der Waals surface area contributed by atoms with Gasteiger partial charge in [0.1, 0.15) is 17.2 Å². The van der Waals surface area contributed by atoms with Crippen molar-refractivity contribution in [1.29, 1.82) is 0 Å². The maximum Gasteiger partial charge on any atom is 0.278 e. The molecule has 9 heteroatoms. The van der Waals surface area contributed by atoms with Crippen LogP contribution in [0, 0.1) is 0 Å². The van der Waals surface area contributed by atoms with Gasteiger partial charge in [0.25, 0.3) is 11.8 Å². The highest BCUT2D eigenvalue weighted by molar-refractivity contribution is 5.78. The quantitative estimate of drug-likeness (QED) is 0.626. The fraction of sp³-hybridized carbons (Fsp3) is 0.350. The molecule has 3 aromatic rings. The topological polar surface area (TPSA) is 103 Å². The highest BCUT2D eigenvalue weighted by atomic mass is 16.5. The summed E-state index contributed by atoms with van der Waals surface area (Å²) in [6.45, 7) is 1.20. The smallest absolute Gasteiger partial charge is 0.278 e. The second-order valence-electron chi connectivity index (χ2n) is 6.69. The van der Waals surface area contributed by atoms with Gasteiger partial charge >= 0.3 is 0 Å². The van der Waals surface area contributed by atoms with Crippen molar-refractivity contribution in [3.05, 3.63) is 48.7 Å². The Morgan fingerprint density at radius 3 is 2.83 bits per heavy atom. The van der Waals surface area contributed by atoms with Gasteiger partial charge in [-0.05, 0) is 37.1 Å². The lowest BCUT2D eigenvalue weighted by Crippen LogP contribution is -2.41. The van der Waals surface area contributed by atoms with E-state index in [0.29, 0.717) is 36.2 Å². The minimum absolute atomic E-state index is 0.0165. The highest BCUT2D eigenvalue weighted by Crippen LogP contribution is 2.26. The molecule has 0 saturated carbocycles. The van der Waals surface area contributed by atoms with Crippen LogP contribution in [0.15, 0.2) is 47.4 Å². The zero-order valence-electron chi connectivity index (χ0n) is 16.0. The molecule has 4 rings (SSSR count). The number of nitrogens with zero attached hydrogens (tertiary/aromatic N) is 5. The van der Waals surface area contributed by atoms with E-state index in [-0.39, 0.29) is 18.4 Å². The van der Waals surface area contributed by atoms with E-state index in [1.165, 1.54) is 0 Å². The predicted octanol–water partition coefficient (Wildman–Crippen LogP) is 2.32. The third kappa shape index (κ3) is 4.50. The maximum absolute atomic E-state index is 12.6. The number of hydrogen-bond donors (Lipinski definition) is 0. The molecule has 1 aromatic carbocycles. The van der Waals surface area contributed by atoms with E-state index >= 15 is 0 Å². The largest absolute Gasteiger partial charge is 0.497 e. The zero-order chi connectivity index (χ0) is 20.1. The van der Waals surface area contributed by atoms with E-state index in [4.69, 9.17) is 14.0 Å². The first-order valence-corrected chi connectivity index (χ1v) is 9.37. The third-order valence-corrected chi connectivity index (χ3v) is 4.79. The molecule has 1 atom stereocenters. The molecule has 0 bridgehead atoms. The second kappa shape index (κ2) is 8.68. The van der Waals surface area contributed by atoms with Crippen LogP contribution in [-0.4, -0.2) is 57.7 Å². The standard InChI is InChI=1S/C20H21N5O4/c1-27-15-4-6-16(7-5-15)28-13-18(26)25-10-2-3-14(12-25)19-23-20(29-24-19)17-11-21-8-9-22-17/h4-9,11,14H,2-3,10,12-13H2,1H3. The Balaban J connectivity index is 1.35. The number of hydrogen-bond acceptors (Lipinski definition) is 8. The second-order valence-corrected chi connectivity index (χ2v) is 6.69. The Labute approximate surface area is 167 Å². The van der Waals surface area contributed by atoms with Crippen molar-refractivity contribution in [3.8, 4) is 23.1 Å². The molecule has 150 valence electrons. The SMILES string of the molecule is COc1ccc(OCC(=O)N2CCCC(c3noc(-c4cnccn4)n3)C2)cc1. The normalized spacial score (nSPS) is 16.4. The van der Waals surface area contributed by atoms with Crippen molar-refractivity contribution in [1.82, 2.24) is 25.0 Å². The fourth-order valence-corrected chi connectivity index (χ4v) is 3.24. The first-order valence-electron chi connectivity index (χ1n) is 9.37. The fourth-order valence-electron chi connectivity index (χ4n) is 3.24. The lowest BCUT2D eigenvalue weighted by molar-refractivity contribution is -0.134. The van der Waals surface area contributed by atoms with Gasteiger partial charge in [-0.15, -0.1) is 0 Å². The molecule has 1 saturated heterocycles. The molecule has 0 radical (unpaired) electrons. The monoisotopic (exact) mass is 395 g/mol. The van der Waals surface area contributed by atoms with E-state index in [0.717, 1.165) is 18.6 Å². The van der Waals surface area contributed by atoms with Gasteiger partial charge in [0.2, 0.25) is 0 Å². The number of piperidine rings is 1. The van der Waals surface area contributed by atoms with Crippen LogP contribution < -0.4 is 9.47 Å². The van der Waals surface area contributed by atoms with Crippen molar-refractivity contribution >= 4 is 5.91 Å². The van der Waals surface area contributed by atoms with Crippen molar-refractivity contribution in [3.63, 3.8) is 0 Å². The van der Waals surface area contributed by atoms with Crippen LogP contribution in [0.1, 0.15) is 24.6 Å². The number of amides is 1. The van der Waals surface area contributed by atoms with Gasteiger partial charge in [0.15, 0.2) is 12.4 Å². The first kappa shape index (κ1) is 18.9. The molecule has 1 fully saturated rings. The van der Waals surface area contributed by atoms with E-state index in [9.17, 15) is 4.79 Å². The van der Waals surface area contributed by atoms with Crippen LogP contribution in [0.4, 0.5) is 0 Å². The predicted molar refractivity (Wildman–Crippen MR) is 102 cm³/mol. The van der Waals surface area contributed by atoms with Crippen LogP contribution in [-0.2, 0) is 4.79 Å². The number of ether oxygens (including phenoxy) is 2. The summed E-state index contributed by atoms with van der Waals surface area (Å²) in [5, 5.41) is 4.08. The molecule has 2 aromatic heterocycles. The number of carbonyl (C=O) groups is 1. The maximum atomic E-state index is 12.6. The Morgan fingerprint density at radius 2 is 2.07 bits per heavy atom. The molecule has 9 nitrogen and oxygen atoms in total. The molecule has 1 aliphatic rings. The zero-order valence-corrected chi connectivity index (χ0v) is 16.0. The van der Waals surface area contributed by atoms with Crippen LogP contribution in [0.5, 0.6) is 11.5 Å². The summed E-state index contributed by atoms with van der Waals surface area (Å²) < 4.78 is 16.0. The average Bonchev–Trinajstić information content (AvgIpc) is 3.29. The van der Waals surface area contributed by atoms with Crippen LogP contribution in [0.2, 0.25) is 0 Å². The van der Waals surface area contributed by atoms with Gasteiger partial charge < -0.3 is 18.9 Å². The number of methoxy groups -OCH3 is 1. The van der Waals surface area contributed by atoms with Gasteiger partial charge in [0.05, 0.1) is 13.3 Å². The number of likely N-dealkylation sites (tertiary alicyclic amines) is 1. The lowest BCUT2D eigenvalue weighted by Gasteiger charge is -2.31. The minimum Gasteiger partial charge on any atom is -0.497 e. The van der Waals surface area contributed by atoms with Crippen molar-refractivity contribution in [2.45, 2.75) is 18.8 Å². The third-order valence-electron chi connectivity index (χ3n) is 4.79. The summed E-state index contributed by atoms with van der Waals surface area (Å²) >= 11 is 0.